The molecule has 180 valence electrons. The maximum Gasteiger partial charge on any atom is 0.278 e. The van der Waals surface area contributed by atoms with Crippen molar-refractivity contribution in [2.45, 2.75) is 13.2 Å². The number of halogens is 2. The summed E-state index contributed by atoms with van der Waals surface area (Å²) in [4.78, 5) is 17.7. The van der Waals surface area contributed by atoms with Crippen molar-refractivity contribution in [1.29, 1.82) is 0 Å². The summed E-state index contributed by atoms with van der Waals surface area (Å²) in [5.41, 5.74) is 1.87. The fraction of sp³-hybridized carbons (Fsp3) is 0.240. The van der Waals surface area contributed by atoms with Gasteiger partial charge in [0.1, 0.15) is 24.7 Å². The molecule has 0 bridgehead atoms. The predicted octanol–water partition coefficient (Wildman–Crippen LogP) is 5.80. The topological polar surface area (TPSA) is 66.5 Å². The van der Waals surface area contributed by atoms with Gasteiger partial charge in [0.15, 0.2) is 11.5 Å². The summed E-state index contributed by atoms with van der Waals surface area (Å²) in [6.45, 7) is 0.362. The number of carbonyl (C=O) groups is 1. The zero-order valence-corrected chi connectivity index (χ0v) is 20.8. The molecule has 0 aromatic heterocycles. The predicted molar refractivity (Wildman–Crippen MR) is 130 cm³/mol. The highest BCUT2D eigenvalue weighted by Crippen LogP contribution is 2.44. The Kier molecular flexibility index (Phi) is 8.87. The van der Waals surface area contributed by atoms with E-state index in [0.717, 1.165) is 27.7 Å². The highest BCUT2D eigenvalue weighted by Gasteiger charge is 2.25. The van der Waals surface area contributed by atoms with Crippen LogP contribution in [0.3, 0.4) is 0 Å². The van der Waals surface area contributed by atoms with Crippen molar-refractivity contribution in [2.75, 3.05) is 28.4 Å². The van der Waals surface area contributed by atoms with Crippen LogP contribution in [0.2, 0.25) is 10.0 Å². The van der Waals surface area contributed by atoms with Crippen LogP contribution in [0.5, 0.6) is 23.0 Å². The van der Waals surface area contributed by atoms with Crippen molar-refractivity contribution in [3.8, 4) is 23.0 Å². The Morgan fingerprint density at radius 3 is 1.71 bits per heavy atom. The van der Waals surface area contributed by atoms with Gasteiger partial charge in [0.25, 0.3) is 5.91 Å². The summed E-state index contributed by atoms with van der Waals surface area (Å²) >= 11 is 13.1. The second-order valence-corrected chi connectivity index (χ2v) is 7.92. The highest BCUT2D eigenvalue weighted by molar-refractivity contribution is 6.38. The fourth-order valence-electron chi connectivity index (χ4n) is 3.01. The molecule has 0 unspecified atom stereocenters. The van der Waals surface area contributed by atoms with Crippen LogP contribution in [-0.4, -0.2) is 39.3 Å². The fourth-order valence-corrected chi connectivity index (χ4v) is 3.54. The van der Waals surface area contributed by atoms with Gasteiger partial charge in [-0.25, -0.2) is 5.06 Å². The van der Waals surface area contributed by atoms with Gasteiger partial charge in [-0.15, -0.1) is 0 Å². The van der Waals surface area contributed by atoms with E-state index in [1.54, 1.807) is 14.2 Å². The third-order valence-electron chi connectivity index (χ3n) is 5.00. The van der Waals surface area contributed by atoms with Crippen molar-refractivity contribution in [1.82, 2.24) is 5.06 Å². The Morgan fingerprint density at radius 1 is 0.794 bits per heavy atom. The number of methoxy groups -OCH3 is 2. The molecule has 0 aliphatic carbocycles. The first-order valence-corrected chi connectivity index (χ1v) is 11.0. The Hall–Kier alpha value is -3.13. The summed E-state index contributed by atoms with van der Waals surface area (Å²) in [7, 11) is 6.04. The number of carbonyl (C=O) groups excluding carboxylic acids is 1. The lowest BCUT2D eigenvalue weighted by Crippen LogP contribution is -2.25. The third-order valence-corrected chi connectivity index (χ3v) is 5.66. The number of nitrogens with zero attached hydrogens (tertiary/aromatic N) is 1. The van der Waals surface area contributed by atoms with Gasteiger partial charge in [0.2, 0.25) is 0 Å². The minimum Gasteiger partial charge on any atom is -0.497 e. The van der Waals surface area contributed by atoms with Crippen LogP contribution in [0.25, 0.3) is 0 Å². The number of hydrogen-bond acceptors (Lipinski definition) is 6. The van der Waals surface area contributed by atoms with Gasteiger partial charge in [-0.2, -0.15) is 0 Å². The molecule has 0 aliphatic heterocycles. The summed E-state index contributed by atoms with van der Waals surface area (Å²) in [5, 5.41) is 1.29. The first-order valence-electron chi connectivity index (χ1n) is 10.2. The van der Waals surface area contributed by atoms with E-state index in [4.69, 9.17) is 47.0 Å². The molecule has 7 nitrogen and oxygen atoms in total. The average molecular weight is 506 g/mol. The molecule has 0 aliphatic rings. The molecule has 9 heteroatoms. The van der Waals surface area contributed by atoms with Crippen LogP contribution >= 0.6 is 23.2 Å². The number of rotatable bonds is 10. The molecule has 34 heavy (non-hydrogen) atoms. The zero-order chi connectivity index (χ0) is 24.7. The SMILES string of the molecule is COc1ccc(COc2c(Cl)cc(C(=O)N(C)OC)c(Cl)c2OCc2ccc(OC)cc2)cc1. The highest BCUT2D eigenvalue weighted by atomic mass is 35.5. The first-order chi connectivity index (χ1) is 16.4. The second-order valence-electron chi connectivity index (χ2n) is 7.14. The molecule has 0 saturated carbocycles. The largest absolute Gasteiger partial charge is 0.497 e. The summed E-state index contributed by atoms with van der Waals surface area (Å²) < 4.78 is 22.4. The molecule has 1 amide bonds. The summed E-state index contributed by atoms with van der Waals surface area (Å²) in [6.07, 6.45) is 0. The maximum atomic E-state index is 12.7. The van der Waals surface area contributed by atoms with Gasteiger partial charge in [-0.3, -0.25) is 9.63 Å². The van der Waals surface area contributed by atoms with Gasteiger partial charge in [0, 0.05) is 7.05 Å². The molecule has 3 aromatic carbocycles. The molecule has 0 spiro atoms. The summed E-state index contributed by atoms with van der Waals surface area (Å²) in [5.74, 6) is 1.37. The third kappa shape index (κ3) is 6.05. The molecular weight excluding hydrogens is 481 g/mol. The zero-order valence-electron chi connectivity index (χ0n) is 19.3. The van der Waals surface area contributed by atoms with Gasteiger partial charge in [-0.1, -0.05) is 47.5 Å². The number of hydrogen-bond donors (Lipinski definition) is 0. The number of benzene rings is 3. The van der Waals surface area contributed by atoms with Crippen LogP contribution < -0.4 is 18.9 Å². The van der Waals surface area contributed by atoms with Crippen LogP contribution in [0, 0.1) is 0 Å². The molecule has 0 saturated heterocycles. The monoisotopic (exact) mass is 505 g/mol. The molecule has 0 heterocycles. The average Bonchev–Trinajstić information content (AvgIpc) is 2.87. The van der Waals surface area contributed by atoms with E-state index >= 15 is 0 Å². The van der Waals surface area contributed by atoms with Gasteiger partial charge >= 0.3 is 0 Å². The molecular formula is C25H25Cl2NO6. The van der Waals surface area contributed by atoms with Crippen LogP contribution in [-0.2, 0) is 18.1 Å². The standard InChI is InChI=1S/C25H25Cl2NO6/c1-28(32-4)25(29)20-13-21(26)23(33-14-16-5-9-18(30-2)10-6-16)24(22(20)27)34-15-17-7-11-19(31-3)12-8-17/h5-13H,14-15H2,1-4H3. The van der Waals surface area contributed by atoms with Crippen molar-refractivity contribution < 1.29 is 28.6 Å². The molecule has 0 atom stereocenters. The molecule has 3 aromatic rings. The minimum absolute atomic E-state index is 0.0662. The molecule has 3 rings (SSSR count). The first kappa shape index (κ1) is 25.5. The van der Waals surface area contributed by atoms with Crippen LogP contribution in [0.1, 0.15) is 21.5 Å². The quantitative estimate of drug-likeness (QED) is 0.324. The van der Waals surface area contributed by atoms with E-state index < -0.39 is 5.91 Å². The van der Waals surface area contributed by atoms with Crippen LogP contribution in [0.4, 0.5) is 0 Å². The van der Waals surface area contributed by atoms with E-state index in [2.05, 4.69) is 0 Å². The van der Waals surface area contributed by atoms with E-state index in [9.17, 15) is 4.79 Å². The van der Waals surface area contributed by atoms with Crippen molar-refractivity contribution in [3.05, 3.63) is 81.3 Å². The van der Waals surface area contributed by atoms with Crippen molar-refractivity contribution in [2.24, 2.45) is 0 Å². The normalized spacial score (nSPS) is 10.5. The number of amides is 1. The number of hydroxylamine groups is 2. The molecule has 0 radical (unpaired) electrons. The van der Waals surface area contributed by atoms with Gasteiger partial charge in [-0.05, 0) is 41.5 Å². The Labute approximate surface area is 208 Å². The Balaban J connectivity index is 1.92. The second kappa shape index (κ2) is 11.8. The lowest BCUT2D eigenvalue weighted by molar-refractivity contribution is -0.0757. The minimum atomic E-state index is -0.481. The Bertz CT molecular complexity index is 1120. The van der Waals surface area contributed by atoms with Crippen molar-refractivity contribution >= 4 is 29.1 Å². The number of ether oxygens (including phenoxy) is 4. The van der Waals surface area contributed by atoms with E-state index in [-0.39, 0.29) is 40.3 Å². The maximum absolute atomic E-state index is 12.7. The lowest BCUT2D eigenvalue weighted by Gasteiger charge is -2.20. The molecule has 0 fully saturated rings. The smallest absolute Gasteiger partial charge is 0.278 e. The summed E-state index contributed by atoms with van der Waals surface area (Å²) in [6, 6.07) is 16.2. The molecule has 0 N–H and O–H groups in total. The van der Waals surface area contributed by atoms with E-state index in [1.165, 1.54) is 20.2 Å². The van der Waals surface area contributed by atoms with Crippen LogP contribution in [0.15, 0.2) is 54.6 Å². The van der Waals surface area contributed by atoms with E-state index in [1.807, 2.05) is 48.5 Å². The van der Waals surface area contributed by atoms with Gasteiger partial charge in [0.05, 0.1) is 36.9 Å². The van der Waals surface area contributed by atoms with Gasteiger partial charge < -0.3 is 18.9 Å². The van der Waals surface area contributed by atoms with Crippen molar-refractivity contribution in [3.63, 3.8) is 0 Å². The Morgan fingerprint density at radius 2 is 1.26 bits per heavy atom. The van der Waals surface area contributed by atoms with E-state index in [0.29, 0.717) is 0 Å². The lowest BCUT2D eigenvalue weighted by atomic mass is 10.1.